The van der Waals surface area contributed by atoms with Gasteiger partial charge in [-0.3, -0.25) is 0 Å². The molecule has 0 aliphatic heterocycles. The quantitative estimate of drug-likeness (QED) is 0.528. The molecule has 1 unspecified atom stereocenters. The smallest absolute Gasteiger partial charge is 0.121 e. The Morgan fingerprint density at radius 1 is 1.43 bits per heavy atom. The van der Waals surface area contributed by atoms with E-state index in [-0.39, 0.29) is 18.4 Å². The van der Waals surface area contributed by atoms with Crippen molar-refractivity contribution in [3.63, 3.8) is 0 Å². The Labute approximate surface area is 81.8 Å². The molecule has 0 radical (unpaired) electrons. The summed E-state index contributed by atoms with van der Waals surface area (Å²) in [6, 6.07) is -0.523. The summed E-state index contributed by atoms with van der Waals surface area (Å²) in [6.07, 6.45) is 1.72. The number of carbonyl (C=O) groups excluding carboxylic acids is 1. The third-order valence-electron chi connectivity index (χ3n) is 1.56. The molecule has 0 saturated carbocycles. The topological polar surface area (TPSA) is 43.1 Å². The Kier molecular flexibility index (Phi) is 5.64. The normalized spacial score (nSPS) is 13.5. The van der Waals surface area contributed by atoms with E-state index in [0.717, 1.165) is 6.08 Å². The largest absolute Gasteiger partial charge is 0.327 e. The Morgan fingerprint density at radius 3 is 2.36 bits per heavy atom. The van der Waals surface area contributed by atoms with Gasteiger partial charge in [0.25, 0.3) is 0 Å². The summed E-state index contributed by atoms with van der Waals surface area (Å²) in [4.78, 5) is 10.1. The second-order valence-corrected chi connectivity index (χ2v) is 2.89. The summed E-state index contributed by atoms with van der Waals surface area (Å²) in [7, 11) is 0. The van der Waals surface area contributed by atoms with Gasteiger partial charge in [-0.1, -0.05) is 13.2 Å². The number of carbonyl (C=O) groups is 1. The molecule has 0 aromatic heterocycles. The summed E-state index contributed by atoms with van der Waals surface area (Å²) in [5, 5.41) is 0. The molecule has 0 spiro atoms. The van der Waals surface area contributed by atoms with Crippen LogP contribution in [0.25, 0.3) is 0 Å². The fourth-order valence-electron chi connectivity index (χ4n) is 0.926. The van der Waals surface area contributed by atoms with Crippen LogP contribution in [0.1, 0.15) is 12.8 Å². The Morgan fingerprint density at radius 2 is 2.00 bits per heavy atom. The van der Waals surface area contributed by atoms with Crippen LogP contribution in [0.15, 0.2) is 36.5 Å². The number of nitrogens with two attached hydrogens (primary N) is 1. The lowest BCUT2D eigenvalue weighted by molar-refractivity contribution is -0.108. The number of hydrogen-bond acceptors (Lipinski definition) is 2. The van der Waals surface area contributed by atoms with Gasteiger partial charge in [-0.2, -0.15) is 0 Å². The van der Waals surface area contributed by atoms with Crippen LogP contribution in [0.5, 0.6) is 0 Å². The van der Waals surface area contributed by atoms with Gasteiger partial charge in [0.15, 0.2) is 0 Å². The highest BCUT2D eigenvalue weighted by molar-refractivity contribution is 5.50. The minimum atomic E-state index is -0.767. The van der Waals surface area contributed by atoms with Crippen LogP contribution >= 0.6 is 0 Å². The zero-order valence-electron chi connectivity index (χ0n) is 7.80. The van der Waals surface area contributed by atoms with Gasteiger partial charge < -0.3 is 10.5 Å². The van der Waals surface area contributed by atoms with Gasteiger partial charge in [0.2, 0.25) is 0 Å². The lowest BCUT2D eigenvalue weighted by Gasteiger charge is -2.09. The molecular formula is C10H13F2NO. The lowest BCUT2D eigenvalue weighted by Crippen LogP contribution is -2.21. The molecule has 0 rings (SSSR count). The van der Waals surface area contributed by atoms with Crippen molar-refractivity contribution in [3.8, 4) is 0 Å². The van der Waals surface area contributed by atoms with Gasteiger partial charge in [0.05, 0.1) is 0 Å². The third-order valence-corrected chi connectivity index (χ3v) is 1.56. The van der Waals surface area contributed by atoms with E-state index in [1.807, 2.05) is 0 Å². The van der Waals surface area contributed by atoms with Crippen molar-refractivity contribution >= 4 is 6.29 Å². The van der Waals surface area contributed by atoms with E-state index in [1.165, 1.54) is 0 Å². The van der Waals surface area contributed by atoms with Gasteiger partial charge in [-0.25, -0.2) is 8.78 Å². The van der Waals surface area contributed by atoms with Crippen LogP contribution in [0, 0.1) is 0 Å². The maximum absolute atomic E-state index is 12.7. The molecule has 4 heteroatoms. The molecule has 1 atom stereocenters. The van der Waals surface area contributed by atoms with Crippen molar-refractivity contribution in [1.29, 1.82) is 0 Å². The molecule has 0 aliphatic carbocycles. The molecule has 0 aliphatic rings. The van der Waals surface area contributed by atoms with Crippen LogP contribution < -0.4 is 5.73 Å². The fraction of sp³-hybridized carbons (Fsp3) is 0.300. The van der Waals surface area contributed by atoms with E-state index in [2.05, 4.69) is 13.2 Å². The monoisotopic (exact) mass is 201 g/mol. The molecule has 0 bridgehead atoms. The van der Waals surface area contributed by atoms with E-state index in [0.29, 0.717) is 6.29 Å². The minimum absolute atomic E-state index is 0.0341. The Bertz CT molecular complexity index is 271. The minimum Gasteiger partial charge on any atom is -0.327 e. The highest BCUT2D eigenvalue weighted by atomic mass is 19.1. The number of allylic oxidation sites excluding steroid dienone is 3. The summed E-state index contributed by atoms with van der Waals surface area (Å²) in [5.41, 5.74) is 5.50. The average Bonchev–Trinajstić information content (AvgIpc) is 2.02. The second kappa shape index (κ2) is 6.21. The van der Waals surface area contributed by atoms with Crippen LogP contribution in [-0.4, -0.2) is 12.3 Å². The predicted octanol–water partition coefficient (Wildman–Crippen LogP) is 2.19. The second-order valence-electron chi connectivity index (χ2n) is 2.89. The van der Waals surface area contributed by atoms with Crippen molar-refractivity contribution in [1.82, 2.24) is 0 Å². The van der Waals surface area contributed by atoms with E-state index < -0.39 is 17.7 Å². The summed E-state index contributed by atoms with van der Waals surface area (Å²) in [5.74, 6) is -1.53. The summed E-state index contributed by atoms with van der Waals surface area (Å²) >= 11 is 0. The third kappa shape index (κ3) is 5.37. The van der Waals surface area contributed by atoms with Crippen molar-refractivity contribution in [2.24, 2.45) is 5.73 Å². The van der Waals surface area contributed by atoms with E-state index in [4.69, 9.17) is 5.73 Å². The highest BCUT2D eigenvalue weighted by Crippen LogP contribution is 2.18. The molecule has 0 saturated heterocycles. The average molecular weight is 201 g/mol. The van der Waals surface area contributed by atoms with E-state index >= 15 is 0 Å². The molecule has 0 amide bonds. The maximum atomic E-state index is 12.7. The summed E-state index contributed by atoms with van der Waals surface area (Å²) in [6.45, 7) is 6.00. The van der Waals surface area contributed by atoms with Crippen molar-refractivity contribution in [2.75, 3.05) is 0 Å². The number of aldehydes is 1. The molecule has 0 aromatic carbocycles. The first kappa shape index (κ1) is 12.7. The van der Waals surface area contributed by atoms with Crippen LogP contribution in [0.2, 0.25) is 0 Å². The highest BCUT2D eigenvalue weighted by Gasteiger charge is 2.09. The molecule has 2 N–H and O–H groups in total. The number of halogens is 2. The first-order valence-electron chi connectivity index (χ1n) is 4.06. The lowest BCUT2D eigenvalue weighted by atomic mass is 10.0. The summed E-state index contributed by atoms with van der Waals surface area (Å²) < 4.78 is 25.1. The molecule has 0 fully saturated rings. The van der Waals surface area contributed by atoms with Crippen molar-refractivity contribution in [2.45, 2.75) is 18.9 Å². The molecule has 0 aromatic rings. The zero-order chi connectivity index (χ0) is 11.1. The van der Waals surface area contributed by atoms with E-state index in [9.17, 15) is 13.6 Å². The van der Waals surface area contributed by atoms with Gasteiger partial charge >= 0.3 is 0 Å². The maximum Gasteiger partial charge on any atom is 0.121 e. The molecule has 0 heterocycles. The van der Waals surface area contributed by atoms with Gasteiger partial charge in [-0.15, -0.1) is 0 Å². The van der Waals surface area contributed by atoms with Crippen LogP contribution in [-0.2, 0) is 4.79 Å². The number of hydrogen-bond donors (Lipinski definition) is 1. The molecular weight excluding hydrogens is 188 g/mol. The van der Waals surface area contributed by atoms with E-state index in [1.54, 1.807) is 0 Å². The van der Waals surface area contributed by atoms with Gasteiger partial charge in [0.1, 0.15) is 17.9 Å². The predicted molar refractivity (Wildman–Crippen MR) is 51.9 cm³/mol. The first-order valence-corrected chi connectivity index (χ1v) is 4.06. The standard InChI is InChI=1S/C10H13F2NO/c1-7(11)5-9(8(2)12)6-10(13)3-4-14/h4-5,10H,1-3,6,13H2/b9-5-. The molecule has 78 valence electrons. The number of rotatable bonds is 6. The van der Waals surface area contributed by atoms with Crippen LogP contribution in [0.4, 0.5) is 8.78 Å². The Hall–Kier alpha value is -1.29. The van der Waals surface area contributed by atoms with Crippen LogP contribution in [0.3, 0.4) is 0 Å². The van der Waals surface area contributed by atoms with Crippen molar-refractivity contribution in [3.05, 3.63) is 36.5 Å². The van der Waals surface area contributed by atoms with Gasteiger partial charge in [-0.05, 0) is 18.1 Å². The first-order chi connectivity index (χ1) is 6.47. The SMILES string of the molecule is C=C(F)/C=C(/CC(N)CC=O)C(=C)F. The molecule has 2 nitrogen and oxygen atoms in total. The van der Waals surface area contributed by atoms with Gasteiger partial charge in [0, 0.05) is 12.5 Å². The Balaban J connectivity index is 4.45. The fourth-order valence-corrected chi connectivity index (χ4v) is 0.926. The van der Waals surface area contributed by atoms with Crippen molar-refractivity contribution < 1.29 is 13.6 Å². The zero-order valence-corrected chi connectivity index (χ0v) is 7.80. The molecule has 14 heavy (non-hydrogen) atoms.